The van der Waals surface area contributed by atoms with Crippen LogP contribution in [0.3, 0.4) is 0 Å². The van der Waals surface area contributed by atoms with Crippen LogP contribution in [-0.2, 0) is 14.6 Å². The molecule has 0 aromatic carbocycles. The number of sulfone groups is 1. The largest absolute Gasteiger partial charge is 0.481 e. The SMILES string of the molecule is CC(C)(C(=O)O)C1CS(=O)(=O)CC1O. The Morgan fingerprint density at radius 3 is 2.14 bits per heavy atom. The van der Waals surface area contributed by atoms with Crippen LogP contribution in [0.15, 0.2) is 0 Å². The maximum absolute atomic E-state index is 11.2. The third-order valence-electron chi connectivity index (χ3n) is 2.80. The highest BCUT2D eigenvalue weighted by Gasteiger charge is 2.48. The van der Waals surface area contributed by atoms with Crippen LogP contribution in [0, 0.1) is 11.3 Å². The minimum absolute atomic E-state index is 0.243. The van der Waals surface area contributed by atoms with Gasteiger partial charge >= 0.3 is 5.97 Å². The molecule has 5 nitrogen and oxygen atoms in total. The molecule has 0 bridgehead atoms. The Morgan fingerprint density at radius 2 is 1.86 bits per heavy atom. The molecule has 0 aliphatic carbocycles. The van der Waals surface area contributed by atoms with E-state index in [1.165, 1.54) is 13.8 Å². The summed E-state index contributed by atoms with van der Waals surface area (Å²) in [6, 6.07) is 0. The van der Waals surface area contributed by atoms with Gasteiger partial charge in [0.2, 0.25) is 0 Å². The second kappa shape index (κ2) is 3.20. The molecule has 0 spiro atoms. The van der Waals surface area contributed by atoms with Gasteiger partial charge in [0.15, 0.2) is 9.84 Å². The Bertz CT molecular complexity index is 343. The van der Waals surface area contributed by atoms with E-state index in [0.717, 1.165) is 0 Å². The Kier molecular flexibility index (Phi) is 2.62. The van der Waals surface area contributed by atoms with E-state index in [9.17, 15) is 18.3 Å². The van der Waals surface area contributed by atoms with Crippen molar-refractivity contribution in [3.05, 3.63) is 0 Å². The zero-order chi connectivity index (χ0) is 11.1. The van der Waals surface area contributed by atoms with Crippen molar-refractivity contribution in [2.24, 2.45) is 11.3 Å². The van der Waals surface area contributed by atoms with E-state index in [4.69, 9.17) is 5.11 Å². The van der Waals surface area contributed by atoms with Crippen LogP contribution in [0.25, 0.3) is 0 Å². The third kappa shape index (κ3) is 1.90. The van der Waals surface area contributed by atoms with Gasteiger partial charge in [0, 0.05) is 5.92 Å². The van der Waals surface area contributed by atoms with Crippen molar-refractivity contribution >= 4 is 15.8 Å². The summed E-state index contributed by atoms with van der Waals surface area (Å²) >= 11 is 0. The molecule has 0 radical (unpaired) electrons. The minimum atomic E-state index is -3.27. The van der Waals surface area contributed by atoms with Crippen molar-refractivity contribution in [2.75, 3.05) is 11.5 Å². The number of carboxylic acid groups (broad SMARTS) is 1. The Balaban J connectivity index is 2.97. The summed E-state index contributed by atoms with van der Waals surface area (Å²) in [6.45, 7) is 2.87. The number of hydrogen-bond donors (Lipinski definition) is 2. The molecule has 1 saturated heterocycles. The summed E-state index contributed by atoms with van der Waals surface area (Å²) in [4.78, 5) is 10.9. The van der Waals surface area contributed by atoms with Gasteiger partial charge in [-0.3, -0.25) is 4.79 Å². The van der Waals surface area contributed by atoms with Gasteiger partial charge in [-0.15, -0.1) is 0 Å². The number of hydrogen-bond acceptors (Lipinski definition) is 4. The monoisotopic (exact) mass is 222 g/mol. The molecule has 2 atom stereocenters. The lowest BCUT2D eigenvalue weighted by Gasteiger charge is -2.27. The quantitative estimate of drug-likeness (QED) is 0.657. The van der Waals surface area contributed by atoms with Crippen molar-refractivity contribution in [1.29, 1.82) is 0 Å². The second-order valence-corrected chi connectivity index (χ2v) is 6.43. The van der Waals surface area contributed by atoms with E-state index in [-0.39, 0.29) is 11.5 Å². The predicted octanol–water partition coefficient (Wildman–Crippen LogP) is -0.497. The standard InChI is InChI=1S/C8H14O5S/c1-8(2,7(10)11)5-3-14(12,13)4-6(5)9/h5-6,9H,3-4H2,1-2H3,(H,10,11). The van der Waals surface area contributed by atoms with Gasteiger partial charge < -0.3 is 10.2 Å². The van der Waals surface area contributed by atoms with E-state index in [1.54, 1.807) is 0 Å². The van der Waals surface area contributed by atoms with Gasteiger partial charge in [-0.2, -0.15) is 0 Å². The normalized spacial score (nSPS) is 31.6. The Morgan fingerprint density at radius 1 is 1.36 bits per heavy atom. The van der Waals surface area contributed by atoms with E-state index in [2.05, 4.69) is 0 Å². The first-order valence-corrected chi connectivity index (χ1v) is 6.11. The van der Waals surface area contributed by atoms with Gasteiger partial charge in [-0.05, 0) is 13.8 Å². The molecule has 0 aromatic heterocycles. The van der Waals surface area contributed by atoms with Crippen molar-refractivity contribution in [1.82, 2.24) is 0 Å². The molecule has 0 saturated carbocycles. The highest BCUT2D eigenvalue weighted by atomic mass is 32.2. The van der Waals surface area contributed by atoms with Crippen LogP contribution in [0.1, 0.15) is 13.8 Å². The van der Waals surface area contributed by atoms with Crippen LogP contribution < -0.4 is 0 Å². The molecule has 0 amide bonds. The summed E-state index contributed by atoms with van der Waals surface area (Å²) in [7, 11) is -3.27. The summed E-state index contributed by atoms with van der Waals surface area (Å²) < 4.78 is 22.3. The van der Waals surface area contributed by atoms with Gasteiger partial charge in [0.1, 0.15) is 0 Å². The van der Waals surface area contributed by atoms with Gasteiger partial charge in [0.25, 0.3) is 0 Å². The summed E-state index contributed by atoms with van der Waals surface area (Å²) in [6.07, 6.45) is -1.06. The smallest absolute Gasteiger partial charge is 0.309 e. The first-order chi connectivity index (χ1) is 6.17. The highest BCUT2D eigenvalue weighted by molar-refractivity contribution is 7.91. The van der Waals surface area contributed by atoms with E-state index in [0.29, 0.717) is 0 Å². The summed E-state index contributed by atoms with van der Waals surface area (Å²) in [5.41, 5.74) is -1.21. The van der Waals surface area contributed by atoms with Crippen LogP contribution >= 0.6 is 0 Å². The molecular weight excluding hydrogens is 208 g/mol. The van der Waals surface area contributed by atoms with E-state index in [1.807, 2.05) is 0 Å². The molecule has 1 fully saturated rings. The van der Waals surface area contributed by atoms with Crippen LogP contribution in [0.5, 0.6) is 0 Å². The number of aliphatic carboxylic acids is 1. The van der Waals surface area contributed by atoms with Crippen molar-refractivity contribution < 1.29 is 23.4 Å². The third-order valence-corrected chi connectivity index (χ3v) is 4.52. The average Bonchev–Trinajstić information content (AvgIpc) is 2.24. The van der Waals surface area contributed by atoms with Crippen molar-refractivity contribution in [3.8, 4) is 0 Å². The van der Waals surface area contributed by atoms with Gasteiger partial charge in [-0.1, -0.05) is 0 Å². The molecule has 82 valence electrons. The number of aliphatic hydroxyl groups is 1. The number of carbonyl (C=O) groups is 1. The lowest BCUT2D eigenvalue weighted by Crippen LogP contribution is -2.39. The molecule has 1 heterocycles. The molecule has 2 N–H and O–H groups in total. The highest BCUT2D eigenvalue weighted by Crippen LogP contribution is 2.35. The van der Waals surface area contributed by atoms with Crippen LogP contribution in [0.4, 0.5) is 0 Å². The molecular formula is C8H14O5S. The van der Waals surface area contributed by atoms with E-state index >= 15 is 0 Å². The fourth-order valence-electron chi connectivity index (χ4n) is 1.68. The fraction of sp³-hybridized carbons (Fsp3) is 0.875. The molecule has 1 rings (SSSR count). The molecule has 6 heteroatoms. The lowest BCUT2D eigenvalue weighted by molar-refractivity contribution is -0.151. The molecule has 2 unspecified atom stereocenters. The summed E-state index contributed by atoms with van der Waals surface area (Å²) in [5, 5.41) is 18.4. The second-order valence-electron chi connectivity index (χ2n) is 4.28. The molecule has 0 aromatic rings. The first-order valence-electron chi connectivity index (χ1n) is 4.29. The average molecular weight is 222 g/mol. The fourth-order valence-corrected chi connectivity index (χ4v) is 3.75. The zero-order valence-corrected chi connectivity index (χ0v) is 8.91. The molecule has 1 aliphatic rings. The van der Waals surface area contributed by atoms with Crippen molar-refractivity contribution in [2.45, 2.75) is 20.0 Å². The number of rotatable bonds is 2. The molecule has 14 heavy (non-hydrogen) atoms. The lowest BCUT2D eigenvalue weighted by atomic mass is 9.77. The van der Waals surface area contributed by atoms with Crippen LogP contribution in [0.2, 0.25) is 0 Å². The maximum atomic E-state index is 11.2. The predicted molar refractivity (Wildman–Crippen MR) is 49.6 cm³/mol. The van der Waals surface area contributed by atoms with Crippen LogP contribution in [-0.4, -0.2) is 42.2 Å². The summed E-state index contributed by atoms with van der Waals surface area (Å²) in [5.74, 6) is -2.37. The van der Waals surface area contributed by atoms with Crippen molar-refractivity contribution in [3.63, 3.8) is 0 Å². The van der Waals surface area contributed by atoms with Gasteiger partial charge in [0.05, 0.1) is 23.0 Å². The zero-order valence-electron chi connectivity index (χ0n) is 8.10. The molecule has 1 aliphatic heterocycles. The number of carboxylic acids is 1. The minimum Gasteiger partial charge on any atom is -0.481 e. The number of aliphatic hydroxyl groups excluding tert-OH is 1. The first kappa shape index (κ1) is 11.5. The van der Waals surface area contributed by atoms with E-state index < -0.39 is 33.2 Å². The topological polar surface area (TPSA) is 91.7 Å². The van der Waals surface area contributed by atoms with Gasteiger partial charge in [-0.25, -0.2) is 8.42 Å². The Hall–Kier alpha value is -0.620. The Labute approximate surface area is 82.7 Å². The maximum Gasteiger partial charge on any atom is 0.309 e.